The number of anilines is 1. The van der Waals surface area contributed by atoms with Crippen molar-refractivity contribution in [1.29, 1.82) is 5.26 Å². The highest BCUT2D eigenvalue weighted by Crippen LogP contribution is 2.31. The lowest BCUT2D eigenvalue weighted by molar-refractivity contribution is -0.144. The number of hydrogen-bond acceptors (Lipinski definition) is 3. The lowest BCUT2D eigenvalue weighted by Crippen LogP contribution is -2.31. The maximum atomic E-state index is 11.2. The number of rotatable bonds is 4. The van der Waals surface area contributed by atoms with E-state index in [1.807, 2.05) is 12.1 Å². The molecule has 1 aliphatic carbocycles. The number of carbonyl (C=O) groups is 1. The van der Waals surface area contributed by atoms with Gasteiger partial charge in [-0.1, -0.05) is 12.8 Å². The molecule has 0 aliphatic heterocycles. The Labute approximate surface area is 126 Å². The molecular weight excluding hydrogens is 320 g/mol. The quantitative estimate of drug-likeness (QED) is 0.880. The number of benzene rings is 1. The number of halogens is 1. The fraction of sp³-hybridized carbons (Fsp3) is 0.467. The van der Waals surface area contributed by atoms with Crippen molar-refractivity contribution in [2.45, 2.75) is 25.7 Å². The zero-order valence-electron chi connectivity index (χ0n) is 11.1. The second kappa shape index (κ2) is 6.76. The highest BCUT2D eigenvalue weighted by molar-refractivity contribution is 9.10. The van der Waals surface area contributed by atoms with E-state index in [1.165, 1.54) is 0 Å². The summed E-state index contributed by atoms with van der Waals surface area (Å²) in [4.78, 5) is 11.2. The predicted molar refractivity (Wildman–Crippen MR) is 80.4 cm³/mol. The van der Waals surface area contributed by atoms with Crippen molar-refractivity contribution in [2.75, 3.05) is 11.9 Å². The van der Waals surface area contributed by atoms with Gasteiger partial charge in [0, 0.05) is 16.7 Å². The van der Waals surface area contributed by atoms with Crippen LogP contribution in [0.5, 0.6) is 0 Å². The van der Waals surface area contributed by atoms with E-state index < -0.39 is 5.97 Å². The summed E-state index contributed by atoms with van der Waals surface area (Å²) in [5.74, 6) is -0.744. The van der Waals surface area contributed by atoms with Gasteiger partial charge in [0.1, 0.15) is 6.07 Å². The van der Waals surface area contributed by atoms with Gasteiger partial charge < -0.3 is 10.4 Å². The van der Waals surface area contributed by atoms with Crippen LogP contribution < -0.4 is 5.32 Å². The third kappa shape index (κ3) is 3.51. The molecule has 0 radical (unpaired) electrons. The van der Waals surface area contributed by atoms with E-state index >= 15 is 0 Å². The highest BCUT2D eigenvalue weighted by atomic mass is 79.9. The van der Waals surface area contributed by atoms with Crippen molar-refractivity contribution in [2.24, 2.45) is 11.8 Å². The van der Waals surface area contributed by atoms with Gasteiger partial charge in [-0.25, -0.2) is 0 Å². The van der Waals surface area contributed by atoms with E-state index in [-0.39, 0.29) is 11.8 Å². The van der Waals surface area contributed by atoms with Crippen LogP contribution in [0.25, 0.3) is 0 Å². The molecule has 5 heteroatoms. The number of nitriles is 1. The summed E-state index contributed by atoms with van der Waals surface area (Å²) in [5.41, 5.74) is 1.50. The van der Waals surface area contributed by atoms with E-state index in [0.717, 1.165) is 35.8 Å². The smallest absolute Gasteiger partial charge is 0.306 e. The molecule has 0 aromatic heterocycles. The van der Waals surface area contributed by atoms with Gasteiger partial charge in [-0.15, -0.1) is 0 Å². The van der Waals surface area contributed by atoms with Crippen molar-refractivity contribution in [3.05, 3.63) is 28.2 Å². The Morgan fingerprint density at radius 2 is 2.20 bits per heavy atom. The minimum atomic E-state index is -0.683. The van der Waals surface area contributed by atoms with Crippen LogP contribution in [0.1, 0.15) is 31.2 Å². The molecule has 1 aliphatic rings. The molecule has 0 heterocycles. The fourth-order valence-electron chi connectivity index (χ4n) is 2.74. The van der Waals surface area contributed by atoms with Crippen LogP contribution in [0, 0.1) is 23.2 Å². The van der Waals surface area contributed by atoms with Gasteiger partial charge >= 0.3 is 5.97 Å². The molecule has 1 aromatic rings. The zero-order chi connectivity index (χ0) is 14.5. The Kier molecular flexibility index (Phi) is 5.02. The van der Waals surface area contributed by atoms with Gasteiger partial charge in [0.25, 0.3) is 0 Å². The normalized spacial score (nSPS) is 22.0. The molecule has 4 nitrogen and oxygen atoms in total. The Balaban J connectivity index is 1.99. The van der Waals surface area contributed by atoms with Crippen LogP contribution in [0.3, 0.4) is 0 Å². The number of hydrogen-bond donors (Lipinski definition) is 2. The number of carboxylic acid groups (broad SMARTS) is 1. The summed E-state index contributed by atoms with van der Waals surface area (Å²) < 4.78 is 0.753. The molecule has 0 spiro atoms. The molecule has 0 bridgehead atoms. The van der Waals surface area contributed by atoms with Crippen molar-refractivity contribution in [1.82, 2.24) is 0 Å². The first kappa shape index (κ1) is 14.9. The van der Waals surface area contributed by atoms with Crippen LogP contribution in [0.2, 0.25) is 0 Å². The van der Waals surface area contributed by atoms with Gasteiger partial charge in [0.05, 0.1) is 11.5 Å². The van der Waals surface area contributed by atoms with E-state index in [4.69, 9.17) is 5.26 Å². The monoisotopic (exact) mass is 336 g/mol. The number of aliphatic carboxylic acids is 1. The summed E-state index contributed by atoms with van der Waals surface area (Å²) in [6.45, 7) is 0.662. The lowest BCUT2D eigenvalue weighted by atomic mass is 9.79. The predicted octanol–water partition coefficient (Wildman–Crippen LogP) is 3.62. The number of nitrogens with one attached hydrogen (secondary N) is 1. The minimum Gasteiger partial charge on any atom is -0.481 e. The Morgan fingerprint density at radius 3 is 2.85 bits per heavy atom. The summed E-state index contributed by atoms with van der Waals surface area (Å²) in [7, 11) is 0. The molecule has 2 rings (SSSR count). The topological polar surface area (TPSA) is 73.1 Å². The Bertz CT molecular complexity index is 539. The molecular formula is C15H17BrN2O2. The molecule has 1 aromatic carbocycles. The van der Waals surface area contributed by atoms with Crippen LogP contribution in [-0.4, -0.2) is 17.6 Å². The van der Waals surface area contributed by atoms with E-state index in [2.05, 4.69) is 27.3 Å². The average molecular weight is 337 g/mol. The first-order valence-corrected chi connectivity index (χ1v) is 7.57. The Hall–Kier alpha value is -1.54. The van der Waals surface area contributed by atoms with Crippen LogP contribution in [0.15, 0.2) is 22.7 Å². The number of nitrogens with zero attached hydrogens (tertiary/aromatic N) is 1. The van der Waals surface area contributed by atoms with Gasteiger partial charge in [0.2, 0.25) is 0 Å². The van der Waals surface area contributed by atoms with Crippen molar-refractivity contribution in [3.63, 3.8) is 0 Å². The highest BCUT2D eigenvalue weighted by Gasteiger charge is 2.30. The first-order valence-electron chi connectivity index (χ1n) is 6.78. The van der Waals surface area contributed by atoms with E-state index in [0.29, 0.717) is 12.1 Å². The van der Waals surface area contributed by atoms with Gasteiger partial charge in [-0.2, -0.15) is 5.26 Å². The molecule has 2 atom stereocenters. The second-order valence-electron chi connectivity index (χ2n) is 5.18. The van der Waals surface area contributed by atoms with Crippen molar-refractivity contribution in [3.8, 4) is 6.07 Å². The molecule has 1 fully saturated rings. The van der Waals surface area contributed by atoms with Gasteiger partial charge in [0.15, 0.2) is 0 Å². The van der Waals surface area contributed by atoms with Gasteiger partial charge in [-0.05, 0) is 52.9 Å². The summed E-state index contributed by atoms with van der Waals surface area (Å²) in [6, 6.07) is 7.56. The SMILES string of the molecule is N#Cc1ccc(NCC2CCCCC2C(=O)O)cc1Br. The maximum absolute atomic E-state index is 11.2. The summed E-state index contributed by atoms with van der Waals surface area (Å²) >= 11 is 3.35. The standard InChI is InChI=1S/C15H17BrN2O2/c16-14-7-12(6-5-10(14)8-17)18-9-11-3-1-2-4-13(11)15(19)20/h5-7,11,13,18H,1-4,9H2,(H,19,20). The van der Waals surface area contributed by atoms with E-state index in [9.17, 15) is 9.90 Å². The Morgan fingerprint density at radius 1 is 1.45 bits per heavy atom. The minimum absolute atomic E-state index is 0.177. The molecule has 20 heavy (non-hydrogen) atoms. The molecule has 2 unspecified atom stereocenters. The maximum Gasteiger partial charge on any atom is 0.306 e. The second-order valence-corrected chi connectivity index (χ2v) is 6.03. The fourth-order valence-corrected chi connectivity index (χ4v) is 3.21. The van der Waals surface area contributed by atoms with Crippen molar-refractivity contribution < 1.29 is 9.90 Å². The molecule has 2 N–H and O–H groups in total. The summed E-state index contributed by atoms with van der Waals surface area (Å²) in [5, 5.41) is 21.4. The molecule has 0 saturated heterocycles. The van der Waals surface area contributed by atoms with Crippen LogP contribution >= 0.6 is 15.9 Å². The molecule has 1 saturated carbocycles. The zero-order valence-corrected chi connectivity index (χ0v) is 12.7. The van der Waals surface area contributed by atoms with Crippen LogP contribution in [0.4, 0.5) is 5.69 Å². The number of carboxylic acids is 1. The van der Waals surface area contributed by atoms with Crippen LogP contribution in [-0.2, 0) is 4.79 Å². The summed E-state index contributed by atoms with van der Waals surface area (Å²) in [6.07, 6.45) is 3.85. The largest absolute Gasteiger partial charge is 0.481 e. The van der Waals surface area contributed by atoms with E-state index in [1.54, 1.807) is 6.07 Å². The van der Waals surface area contributed by atoms with Crippen molar-refractivity contribution >= 4 is 27.6 Å². The molecule has 0 amide bonds. The average Bonchev–Trinajstić information content (AvgIpc) is 2.45. The molecule has 106 valence electrons. The third-order valence-corrected chi connectivity index (χ3v) is 4.54. The van der Waals surface area contributed by atoms with Gasteiger partial charge in [-0.3, -0.25) is 4.79 Å². The lowest BCUT2D eigenvalue weighted by Gasteiger charge is -2.28. The first-order chi connectivity index (χ1) is 9.61. The third-order valence-electron chi connectivity index (χ3n) is 3.88.